The van der Waals surface area contributed by atoms with Crippen molar-refractivity contribution < 1.29 is 9.53 Å². The predicted octanol–water partition coefficient (Wildman–Crippen LogP) is 2.38. The topological polar surface area (TPSA) is 52.3 Å². The fourth-order valence-corrected chi connectivity index (χ4v) is 1.77. The number of esters is 1. The van der Waals surface area contributed by atoms with Crippen molar-refractivity contribution in [2.75, 3.05) is 12.8 Å². The van der Waals surface area contributed by atoms with Gasteiger partial charge in [-0.15, -0.1) is 0 Å². The van der Waals surface area contributed by atoms with Gasteiger partial charge in [-0.1, -0.05) is 22.9 Å². The largest absolute Gasteiger partial charge is 0.469 e. The first-order valence-corrected chi connectivity index (χ1v) is 5.45. The molecule has 15 heavy (non-hydrogen) atoms. The van der Waals surface area contributed by atoms with Gasteiger partial charge in [0.1, 0.15) is 0 Å². The van der Waals surface area contributed by atoms with Crippen LogP contribution in [-0.2, 0) is 16.0 Å². The van der Waals surface area contributed by atoms with Crippen LogP contribution >= 0.6 is 15.9 Å². The second-order valence-electron chi connectivity index (χ2n) is 3.47. The van der Waals surface area contributed by atoms with Crippen LogP contribution in [0, 0.1) is 5.92 Å². The van der Waals surface area contributed by atoms with Crippen molar-refractivity contribution >= 4 is 27.6 Å². The summed E-state index contributed by atoms with van der Waals surface area (Å²) in [6.07, 6.45) is 0.595. The van der Waals surface area contributed by atoms with Gasteiger partial charge in [-0.3, -0.25) is 4.79 Å². The zero-order valence-corrected chi connectivity index (χ0v) is 10.4. The molecule has 1 unspecified atom stereocenters. The number of benzene rings is 1. The first kappa shape index (κ1) is 12.0. The Labute approximate surface area is 97.7 Å². The molecular formula is C11H14BrNO2. The molecule has 0 radical (unpaired) electrons. The minimum absolute atomic E-state index is 0.174. The number of hydrogen-bond donors (Lipinski definition) is 1. The zero-order chi connectivity index (χ0) is 11.4. The number of anilines is 1. The maximum absolute atomic E-state index is 11.2. The van der Waals surface area contributed by atoms with Crippen molar-refractivity contribution in [3.8, 4) is 0 Å². The minimum atomic E-state index is -0.214. The third kappa shape index (κ3) is 3.23. The van der Waals surface area contributed by atoms with Crippen molar-refractivity contribution in [1.29, 1.82) is 0 Å². The molecule has 0 saturated carbocycles. The summed E-state index contributed by atoms with van der Waals surface area (Å²) in [7, 11) is 1.39. The molecule has 2 N–H and O–H groups in total. The van der Waals surface area contributed by atoms with Crippen LogP contribution in [0.3, 0.4) is 0 Å². The number of carbonyl (C=O) groups excluding carboxylic acids is 1. The molecule has 0 aromatic heterocycles. The van der Waals surface area contributed by atoms with Crippen LogP contribution in [0.4, 0.5) is 5.69 Å². The van der Waals surface area contributed by atoms with E-state index in [9.17, 15) is 4.79 Å². The second-order valence-corrected chi connectivity index (χ2v) is 4.39. The van der Waals surface area contributed by atoms with Crippen LogP contribution in [-0.4, -0.2) is 13.1 Å². The number of ether oxygens (including phenoxy) is 1. The average Bonchev–Trinajstić information content (AvgIpc) is 2.22. The number of methoxy groups -OCH3 is 1. The van der Waals surface area contributed by atoms with Crippen LogP contribution in [0.5, 0.6) is 0 Å². The SMILES string of the molecule is COC(=O)C(C)Cc1cc(Br)ccc1N. The Kier molecular flexibility index (Phi) is 4.15. The van der Waals surface area contributed by atoms with Crippen molar-refractivity contribution in [3.63, 3.8) is 0 Å². The van der Waals surface area contributed by atoms with E-state index in [2.05, 4.69) is 20.7 Å². The van der Waals surface area contributed by atoms with Gasteiger partial charge < -0.3 is 10.5 Å². The number of halogens is 1. The summed E-state index contributed by atoms with van der Waals surface area (Å²) in [6, 6.07) is 5.62. The molecule has 0 aliphatic carbocycles. The highest BCUT2D eigenvalue weighted by molar-refractivity contribution is 9.10. The molecule has 0 heterocycles. The van der Waals surface area contributed by atoms with Crippen LogP contribution in [0.1, 0.15) is 12.5 Å². The number of nitrogen functional groups attached to an aromatic ring is 1. The van der Waals surface area contributed by atoms with E-state index in [1.807, 2.05) is 25.1 Å². The molecule has 1 aromatic carbocycles. The number of rotatable bonds is 3. The molecule has 1 rings (SSSR count). The van der Waals surface area contributed by atoms with E-state index in [1.165, 1.54) is 7.11 Å². The molecule has 0 saturated heterocycles. The van der Waals surface area contributed by atoms with E-state index < -0.39 is 0 Å². The quantitative estimate of drug-likeness (QED) is 0.679. The van der Waals surface area contributed by atoms with E-state index in [-0.39, 0.29) is 11.9 Å². The Morgan fingerprint density at radius 3 is 2.87 bits per heavy atom. The second kappa shape index (κ2) is 5.16. The van der Waals surface area contributed by atoms with Gasteiger partial charge in [-0.2, -0.15) is 0 Å². The summed E-state index contributed by atoms with van der Waals surface area (Å²) in [4.78, 5) is 11.2. The molecule has 0 bridgehead atoms. The number of carbonyl (C=O) groups is 1. The first-order chi connectivity index (χ1) is 7.04. The van der Waals surface area contributed by atoms with Crippen LogP contribution in [0.2, 0.25) is 0 Å². The molecule has 0 spiro atoms. The lowest BCUT2D eigenvalue weighted by Crippen LogP contribution is -2.15. The first-order valence-electron chi connectivity index (χ1n) is 4.66. The van der Waals surface area contributed by atoms with Gasteiger partial charge in [0.15, 0.2) is 0 Å². The maximum Gasteiger partial charge on any atom is 0.308 e. The molecule has 1 aromatic rings. The molecule has 4 heteroatoms. The zero-order valence-electron chi connectivity index (χ0n) is 8.79. The van der Waals surface area contributed by atoms with E-state index in [0.717, 1.165) is 10.0 Å². The van der Waals surface area contributed by atoms with Gasteiger partial charge in [0, 0.05) is 10.2 Å². The third-order valence-electron chi connectivity index (χ3n) is 2.23. The van der Waals surface area contributed by atoms with Gasteiger partial charge in [-0.25, -0.2) is 0 Å². The van der Waals surface area contributed by atoms with Gasteiger partial charge in [0.2, 0.25) is 0 Å². The number of nitrogens with two attached hydrogens (primary N) is 1. The lowest BCUT2D eigenvalue weighted by Gasteiger charge is -2.11. The standard InChI is InChI=1S/C11H14BrNO2/c1-7(11(14)15-2)5-8-6-9(12)3-4-10(8)13/h3-4,6-7H,5,13H2,1-2H3. The minimum Gasteiger partial charge on any atom is -0.469 e. The molecule has 82 valence electrons. The normalized spacial score (nSPS) is 12.2. The Hall–Kier alpha value is -1.03. The van der Waals surface area contributed by atoms with Crippen LogP contribution < -0.4 is 5.73 Å². The van der Waals surface area contributed by atoms with E-state index in [4.69, 9.17) is 5.73 Å². The molecule has 0 aliphatic rings. The molecule has 0 aliphatic heterocycles. The lowest BCUT2D eigenvalue weighted by atomic mass is 10.00. The summed E-state index contributed by atoms with van der Waals surface area (Å²) in [5.74, 6) is -0.388. The fourth-order valence-electron chi connectivity index (χ4n) is 1.37. The maximum atomic E-state index is 11.2. The molecule has 1 atom stereocenters. The summed E-state index contributed by atoms with van der Waals surface area (Å²) >= 11 is 3.37. The monoisotopic (exact) mass is 271 g/mol. The highest BCUT2D eigenvalue weighted by Crippen LogP contribution is 2.21. The highest BCUT2D eigenvalue weighted by atomic mass is 79.9. The summed E-state index contributed by atoms with van der Waals surface area (Å²) in [5.41, 5.74) is 7.47. The van der Waals surface area contributed by atoms with Crippen LogP contribution in [0.25, 0.3) is 0 Å². The van der Waals surface area contributed by atoms with E-state index in [0.29, 0.717) is 12.1 Å². The Bertz CT molecular complexity index is 366. The summed E-state index contributed by atoms with van der Waals surface area (Å²) in [6.45, 7) is 1.83. The third-order valence-corrected chi connectivity index (χ3v) is 2.73. The number of hydrogen-bond acceptors (Lipinski definition) is 3. The van der Waals surface area contributed by atoms with Gasteiger partial charge in [0.25, 0.3) is 0 Å². The Morgan fingerprint density at radius 2 is 2.27 bits per heavy atom. The predicted molar refractivity (Wildman–Crippen MR) is 63.4 cm³/mol. The highest BCUT2D eigenvalue weighted by Gasteiger charge is 2.15. The van der Waals surface area contributed by atoms with Crippen molar-refractivity contribution in [1.82, 2.24) is 0 Å². The Morgan fingerprint density at radius 1 is 1.60 bits per heavy atom. The van der Waals surface area contributed by atoms with Gasteiger partial charge in [-0.05, 0) is 30.2 Å². The average molecular weight is 272 g/mol. The van der Waals surface area contributed by atoms with Gasteiger partial charge >= 0.3 is 5.97 Å². The molecule has 0 fully saturated rings. The van der Waals surface area contributed by atoms with Crippen molar-refractivity contribution in [2.24, 2.45) is 5.92 Å². The van der Waals surface area contributed by atoms with Crippen molar-refractivity contribution in [2.45, 2.75) is 13.3 Å². The molecule has 3 nitrogen and oxygen atoms in total. The summed E-state index contributed by atoms with van der Waals surface area (Å²) in [5, 5.41) is 0. The van der Waals surface area contributed by atoms with E-state index in [1.54, 1.807) is 0 Å². The smallest absolute Gasteiger partial charge is 0.308 e. The lowest BCUT2D eigenvalue weighted by molar-refractivity contribution is -0.144. The molecule has 0 amide bonds. The van der Waals surface area contributed by atoms with Crippen LogP contribution in [0.15, 0.2) is 22.7 Å². The van der Waals surface area contributed by atoms with Crippen molar-refractivity contribution in [3.05, 3.63) is 28.2 Å². The van der Waals surface area contributed by atoms with Gasteiger partial charge in [0.05, 0.1) is 13.0 Å². The summed E-state index contributed by atoms with van der Waals surface area (Å²) < 4.78 is 5.62. The molecular weight excluding hydrogens is 258 g/mol. The Balaban J connectivity index is 2.80. The fraction of sp³-hybridized carbons (Fsp3) is 0.364. The van der Waals surface area contributed by atoms with E-state index >= 15 is 0 Å².